The molecule has 0 bridgehead atoms. The van der Waals surface area contributed by atoms with Crippen molar-refractivity contribution in [1.29, 1.82) is 0 Å². The van der Waals surface area contributed by atoms with Crippen LogP contribution in [-0.2, 0) is 19.6 Å². The summed E-state index contributed by atoms with van der Waals surface area (Å²) in [6, 6.07) is 0. The molecule has 0 spiro atoms. The Bertz CT molecular complexity index is 494. The molecule has 0 saturated carbocycles. The second kappa shape index (κ2) is 35.3. The molecule has 0 heterocycles. The molecule has 1 N–H and O–H groups in total. The van der Waals surface area contributed by atoms with Crippen LogP contribution in [0.3, 0.4) is 0 Å². The van der Waals surface area contributed by atoms with E-state index in [9.17, 15) is 5.11 Å². The third-order valence-corrected chi connectivity index (χ3v) is 7.17. The van der Waals surface area contributed by atoms with Crippen LogP contribution in [0.2, 0.25) is 0 Å². The quantitative estimate of drug-likeness (QED) is 0.0378. The van der Waals surface area contributed by atoms with Gasteiger partial charge >= 0.3 is 0 Å². The first-order valence-electron chi connectivity index (χ1n) is 16.7. The first-order valence-corrected chi connectivity index (χ1v) is 16.7. The van der Waals surface area contributed by atoms with E-state index in [4.69, 9.17) is 14.7 Å². The lowest BCUT2D eigenvalue weighted by molar-refractivity contribution is -0.291. The van der Waals surface area contributed by atoms with E-state index in [0.717, 1.165) is 25.7 Å². The molecule has 5 nitrogen and oxygen atoms in total. The van der Waals surface area contributed by atoms with Crippen molar-refractivity contribution >= 4 is 0 Å². The molecular formula is C34H66O5. The van der Waals surface area contributed by atoms with E-state index in [1.165, 1.54) is 128 Å². The van der Waals surface area contributed by atoms with Gasteiger partial charge in [0.1, 0.15) is 0 Å². The molecule has 0 rings (SSSR count). The molecule has 1 atom stereocenters. The molecule has 0 aliphatic heterocycles. The second-order valence-corrected chi connectivity index (χ2v) is 10.9. The van der Waals surface area contributed by atoms with Gasteiger partial charge in [0.2, 0.25) is 0 Å². The minimum atomic E-state index is -0.0787. The first-order chi connectivity index (χ1) is 19.3. The van der Waals surface area contributed by atoms with Gasteiger partial charge in [-0.05, 0) is 84.0 Å². The van der Waals surface area contributed by atoms with Gasteiger partial charge in [0.15, 0.2) is 0 Å². The summed E-state index contributed by atoms with van der Waals surface area (Å²) in [5, 5.41) is 10.3. The molecule has 232 valence electrons. The topological polar surface area (TPSA) is 57.2 Å². The predicted molar refractivity (Wildman–Crippen MR) is 166 cm³/mol. The van der Waals surface area contributed by atoms with Gasteiger partial charge in [-0.2, -0.15) is 0 Å². The lowest BCUT2D eigenvalue weighted by Crippen LogP contribution is -2.05. The highest BCUT2D eigenvalue weighted by Crippen LogP contribution is 2.15. The fraction of sp³-hybridized carbons (Fsp3) is 0.882. The summed E-state index contributed by atoms with van der Waals surface area (Å²) >= 11 is 0. The normalized spacial score (nSPS) is 12.8. The van der Waals surface area contributed by atoms with Crippen molar-refractivity contribution < 1.29 is 24.7 Å². The number of hydrogen-bond acceptors (Lipinski definition) is 5. The van der Waals surface area contributed by atoms with Crippen molar-refractivity contribution in [2.75, 3.05) is 26.9 Å². The lowest BCUT2D eigenvalue weighted by Gasteiger charge is -2.10. The summed E-state index contributed by atoms with van der Waals surface area (Å²) < 4.78 is 0. The smallest absolute Gasteiger partial charge is 0.0822 e. The van der Waals surface area contributed by atoms with E-state index in [1.54, 1.807) is 7.11 Å². The molecule has 0 saturated heterocycles. The molecule has 1 unspecified atom stereocenters. The monoisotopic (exact) mass is 554 g/mol. The summed E-state index contributed by atoms with van der Waals surface area (Å²) in [6.07, 6.45) is 38.7. The minimum absolute atomic E-state index is 0.0787. The highest BCUT2D eigenvalue weighted by molar-refractivity contribution is 4.82. The van der Waals surface area contributed by atoms with E-state index < -0.39 is 0 Å². The standard InChI is InChI=1S/C34H66O5/c1-3-37-39-33-29-25-21-17-13-9-5-7-11-15-19-23-27-31-34(35)30-26-22-18-14-10-6-4-8-12-16-20-24-28-32-38-36-2/h8-9,12-13,34-35H,3-7,10-11,14-33H2,1-2H3/b12-8-,13-9-. The van der Waals surface area contributed by atoms with Crippen LogP contribution in [0.15, 0.2) is 24.3 Å². The summed E-state index contributed by atoms with van der Waals surface area (Å²) in [5.41, 5.74) is 0. The Morgan fingerprint density at radius 2 is 0.821 bits per heavy atom. The van der Waals surface area contributed by atoms with E-state index in [0.29, 0.717) is 19.8 Å². The zero-order valence-corrected chi connectivity index (χ0v) is 26.1. The average Bonchev–Trinajstić information content (AvgIpc) is 2.94. The molecule has 0 amide bonds. The Labute approximate surface area is 243 Å². The van der Waals surface area contributed by atoms with Gasteiger partial charge in [-0.1, -0.05) is 101 Å². The van der Waals surface area contributed by atoms with Gasteiger partial charge in [0, 0.05) is 0 Å². The molecular weight excluding hydrogens is 488 g/mol. The molecule has 0 radical (unpaired) electrons. The Morgan fingerprint density at radius 3 is 1.23 bits per heavy atom. The van der Waals surface area contributed by atoms with Gasteiger partial charge in [0.05, 0.1) is 33.0 Å². The molecule has 0 aromatic rings. The lowest BCUT2D eigenvalue weighted by atomic mass is 10.0. The second-order valence-electron chi connectivity index (χ2n) is 10.9. The summed E-state index contributed by atoms with van der Waals surface area (Å²) in [5.74, 6) is 0. The maximum atomic E-state index is 10.3. The zero-order chi connectivity index (χ0) is 28.3. The maximum absolute atomic E-state index is 10.3. The largest absolute Gasteiger partial charge is 0.393 e. The summed E-state index contributed by atoms with van der Waals surface area (Å²) in [6.45, 7) is 3.98. The maximum Gasteiger partial charge on any atom is 0.0822 e. The number of aliphatic hydroxyl groups is 1. The van der Waals surface area contributed by atoms with Crippen LogP contribution in [0.1, 0.15) is 161 Å². The van der Waals surface area contributed by atoms with Gasteiger partial charge in [-0.25, -0.2) is 19.6 Å². The number of rotatable bonds is 33. The summed E-state index contributed by atoms with van der Waals surface area (Å²) in [4.78, 5) is 19.4. The molecule has 0 aromatic carbocycles. The average molecular weight is 555 g/mol. The molecule has 0 fully saturated rings. The van der Waals surface area contributed by atoms with Crippen LogP contribution in [0, 0.1) is 0 Å². The molecule has 0 aromatic heterocycles. The number of aliphatic hydroxyl groups excluding tert-OH is 1. The van der Waals surface area contributed by atoms with Crippen LogP contribution in [-0.4, -0.2) is 38.1 Å². The van der Waals surface area contributed by atoms with E-state index in [-0.39, 0.29) is 6.10 Å². The molecule has 5 heteroatoms. The van der Waals surface area contributed by atoms with Gasteiger partial charge in [-0.15, -0.1) is 0 Å². The predicted octanol–water partition coefficient (Wildman–Crippen LogP) is 10.4. The van der Waals surface area contributed by atoms with E-state index in [2.05, 4.69) is 29.2 Å². The third-order valence-electron chi connectivity index (χ3n) is 7.17. The number of unbranched alkanes of at least 4 members (excludes halogenated alkanes) is 18. The molecule has 0 aliphatic rings. The Kier molecular flexibility index (Phi) is 34.7. The van der Waals surface area contributed by atoms with Crippen molar-refractivity contribution in [2.24, 2.45) is 0 Å². The Morgan fingerprint density at radius 1 is 0.462 bits per heavy atom. The van der Waals surface area contributed by atoms with Crippen molar-refractivity contribution in [1.82, 2.24) is 0 Å². The van der Waals surface area contributed by atoms with Crippen molar-refractivity contribution in [3.05, 3.63) is 24.3 Å². The number of hydrogen-bond donors (Lipinski definition) is 1. The number of allylic oxidation sites excluding steroid dienone is 4. The van der Waals surface area contributed by atoms with Crippen LogP contribution in [0.5, 0.6) is 0 Å². The van der Waals surface area contributed by atoms with Crippen molar-refractivity contribution in [3.63, 3.8) is 0 Å². The van der Waals surface area contributed by atoms with Crippen molar-refractivity contribution in [2.45, 2.75) is 167 Å². The van der Waals surface area contributed by atoms with Crippen LogP contribution in [0.4, 0.5) is 0 Å². The highest BCUT2D eigenvalue weighted by atomic mass is 17.2. The van der Waals surface area contributed by atoms with Gasteiger partial charge in [0.25, 0.3) is 0 Å². The van der Waals surface area contributed by atoms with Crippen LogP contribution in [0.25, 0.3) is 0 Å². The Balaban J connectivity index is 3.22. The minimum Gasteiger partial charge on any atom is -0.393 e. The van der Waals surface area contributed by atoms with E-state index >= 15 is 0 Å². The fourth-order valence-electron chi connectivity index (χ4n) is 4.74. The molecule has 0 aliphatic carbocycles. The van der Waals surface area contributed by atoms with Crippen molar-refractivity contribution in [3.8, 4) is 0 Å². The fourth-order valence-corrected chi connectivity index (χ4v) is 4.74. The zero-order valence-electron chi connectivity index (χ0n) is 26.1. The van der Waals surface area contributed by atoms with E-state index in [1.807, 2.05) is 6.92 Å². The van der Waals surface area contributed by atoms with Crippen LogP contribution < -0.4 is 0 Å². The third kappa shape index (κ3) is 35.3. The molecule has 39 heavy (non-hydrogen) atoms. The highest BCUT2D eigenvalue weighted by Gasteiger charge is 2.03. The van der Waals surface area contributed by atoms with Crippen LogP contribution >= 0.6 is 0 Å². The SMILES string of the molecule is CCOOCCCCC/C=C\CCCCCCCCC(O)CCCCCCCC/C=C\CCCCCOOC. The summed E-state index contributed by atoms with van der Waals surface area (Å²) in [7, 11) is 1.56. The Hall–Kier alpha value is -0.720. The van der Waals surface area contributed by atoms with Gasteiger partial charge < -0.3 is 5.11 Å². The van der Waals surface area contributed by atoms with Gasteiger partial charge in [-0.3, -0.25) is 0 Å². The first kappa shape index (κ1) is 38.3.